The molecule has 1 amide bonds. The number of amides is 1. The summed E-state index contributed by atoms with van der Waals surface area (Å²) in [6.45, 7) is 3.12. The summed E-state index contributed by atoms with van der Waals surface area (Å²) >= 11 is 1.58. The molecule has 3 atom stereocenters. The second kappa shape index (κ2) is 6.30. The number of hydrogen-bond donors (Lipinski definition) is 0. The number of fused-ring (bicyclic) bond motifs is 1. The van der Waals surface area contributed by atoms with Crippen LogP contribution in [0.5, 0.6) is 0 Å². The van der Waals surface area contributed by atoms with Crippen molar-refractivity contribution in [1.29, 1.82) is 0 Å². The third-order valence-electron chi connectivity index (χ3n) is 5.07. The molecule has 4 nitrogen and oxygen atoms in total. The van der Waals surface area contributed by atoms with Gasteiger partial charge < -0.3 is 14.4 Å². The first-order valence-corrected chi connectivity index (χ1v) is 9.28. The summed E-state index contributed by atoms with van der Waals surface area (Å²) in [4.78, 5) is 14.7. The SMILES string of the molecule is O=C(c1ccsc1)N1CCOC2CC(COCC3CC3)CC21. The van der Waals surface area contributed by atoms with E-state index in [1.807, 2.05) is 21.7 Å². The van der Waals surface area contributed by atoms with E-state index in [0.29, 0.717) is 19.1 Å². The molecule has 0 spiro atoms. The molecule has 3 aliphatic rings. The first kappa shape index (κ1) is 14.7. The Balaban J connectivity index is 1.36. The number of carbonyl (C=O) groups excluding carboxylic acids is 1. The van der Waals surface area contributed by atoms with Gasteiger partial charge in [0.15, 0.2) is 0 Å². The van der Waals surface area contributed by atoms with Gasteiger partial charge in [0.05, 0.1) is 24.3 Å². The highest BCUT2D eigenvalue weighted by molar-refractivity contribution is 7.08. The molecule has 2 aliphatic carbocycles. The Kier molecular flexibility index (Phi) is 4.20. The molecule has 4 rings (SSSR count). The van der Waals surface area contributed by atoms with Gasteiger partial charge in [0, 0.05) is 25.1 Å². The highest BCUT2D eigenvalue weighted by atomic mass is 32.1. The highest BCUT2D eigenvalue weighted by Gasteiger charge is 2.43. The average Bonchev–Trinajstić information content (AvgIpc) is 3.04. The van der Waals surface area contributed by atoms with Crippen LogP contribution in [0, 0.1) is 11.8 Å². The third kappa shape index (κ3) is 3.07. The Labute approximate surface area is 135 Å². The Morgan fingerprint density at radius 2 is 2.18 bits per heavy atom. The largest absolute Gasteiger partial charge is 0.381 e. The van der Waals surface area contributed by atoms with Gasteiger partial charge in [-0.1, -0.05) is 0 Å². The van der Waals surface area contributed by atoms with Crippen LogP contribution in [0.4, 0.5) is 0 Å². The predicted octanol–water partition coefficient (Wildman–Crippen LogP) is 2.79. The van der Waals surface area contributed by atoms with Crippen LogP contribution < -0.4 is 0 Å². The standard InChI is InChI=1S/C17H23NO3S/c19-17(14-3-6-22-11-14)18-4-5-21-16-8-13(7-15(16)18)10-20-9-12-1-2-12/h3,6,11-13,15-16H,1-2,4-5,7-10H2. The van der Waals surface area contributed by atoms with Crippen molar-refractivity contribution in [3.63, 3.8) is 0 Å². The lowest BCUT2D eigenvalue weighted by molar-refractivity contribution is -0.0450. The second-order valence-electron chi connectivity index (χ2n) is 6.81. The molecule has 3 fully saturated rings. The van der Waals surface area contributed by atoms with Gasteiger partial charge >= 0.3 is 0 Å². The molecule has 0 N–H and O–H groups in total. The first-order valence-electron chi connectivity index (χ1n) is 8.34. The van der Waals surface area contributed by atoms with Crippen LogP contribution in [0.25, 0.3) is 0 Å². The quantitative estimate of drug-likeness (QED) is 0.837. The molecular formula is C17H23NO3S. The van der Waals surface area contributed by atoms with E-state index in [0.717, 1.165) is 37.5 Å². The fourth-order valence-electron chi connectivity index (χ4n) is 3.68. The van der Waals surface area contributed by atoms with E-state index < -0.39 is 0 Å². The Morgan fingerprint density at radius 3 is 2.95 bits per heavy atom. The molecule has 0 radical (unpaired) electrons. The van der Waals surface area contributed by atoms with Gasteiger partial charge in [0.2, 0.25) is 0 Å². The zero-order valence-electron chi connectivity index (χ0n) is 12.8. The summed E-state index contributed by atoms with van der Waals surface area (Å²) in [6.07, 6.45) is 4.92. The zero-order chi connectivity index (χ0) is 14.9. The Hall–Kier alpha value is -0.910. The van der Waals surface area contributed by atoms with Gasteiger partial charge in [0.1, 0.15) is 0 Å². The van der Waals surface area contributed by atoms with E-state index in [1.165, 1.54) is 12.8 Å². The lowest BCUT2D eigenvalue weighted by Crippen LogP contribution is -2.51. The summed E-state index contributed by atoms with van der Waals surface area (Å²) in [7, 11) is 0. The maximum Gasteiger partial charge on any atom is 0.255 e. The van der Waals surface area contributed by atoms with E-state index in [1.54, 1.807) is 11.3 Å². The number of morpholine rings is 1. The molecule has 1 aromatic heterocycles. The van der Waals surface area contributed by atoms with Gasteiger partial charge in [-0.25, -0.2) is 0 Å². The van der Waals surface area contributed by atoms with Crippen molar-refractivity contribution in [2.45, 2.75) is 37.8 Å². The van der Waals surface area contributed by atoms with Crippen molar-refractivity contribution in [3.05, 3.63) is 22.4 Å². The molecule has 2 heterocycles. The fraction of sp³-hybridized carbons (Fsp3) is 0.706. The van der Waals surface area contributed by atoms with Crippen molar-refractivity contribution < 1.29 is 14.3 Å². The van der Waals surface area contributed by atoms with Crippen molar-refractivity contribution in [2.24, 2.45) is 11.8 Å². The van der Waals surface area contributed by atoms with Crippen molar-refractivity contribution in [1.82, 2.24) is 4.90 Å². The molecule has 120 valence electrons. The van der Waals surface area contributed by atoms with Crippen LogP contribution in [-0.4, -0.2) is 49.3 Å². The zero-order valence-corrected chi connectivity index (χ0v) is 13.6. The van der Waals surface area contributed by atoms with Crippen molar-refractivity contribution >= 4 is 17.2 Å². The molecule has 1 aliphatic heterocycles. The molecule has 0 bridgehead atoms. The highest BCUT2D eigenvalue weighted by Crippen LogP contribution is 2.36. The van der Waals surface area contributed by atoms with E-state index in [9.17, 15) is 4.79 Å². The fourth-order valence-corrected chi connectivity index (χ4v) is 4.31. The van der Waals surface area contributed by atoms with Gasteiger partial charge in [-0.2, -0.15) is 11.3 Å². The molecule has 22 heavy (non-hydrogen) atoms. The smallest absolute Gasteiger partial charge is 0.255 e. The van der Waals surface area contributed by atoms with Crippen molar-refractivity contribution in [2.75, 3.05) is 26.4 Å². The number of hydrogen-bond acceptors (Lipinski definition) is 4. The Morgan fingerprint density at radius 1 is 1.32 bits per heavy atom. The molecule has 0 aromatic carbocycles. The molecule has 1 aromatic rings. The minimum absolute atomic E-state index is 0.166. The first-order chi connectivity index (χ1) is 10.8. The minimum atomic E-state index is 0.166. The monoisotopic (exact) mass is 321 g/mol. The number of nitrogens with zero attached hydrogens (tertiary/aromatic N) is 1. The maximum atomic E-state index is 12.7. The van der Waals surface area contributed by atoms with Gasteiger partial charge in [0.25, 0.3) is 5.91 Å². The summed E-state index contributed by atoms with van der Waals surface area (Å²) in [5, 5.41) is 3.91. The molecule has 2 saturated carbocycles. The number of thiophene rings is 1. The van der Waals surface area contributed by atoms with Crippen molar-refractivity contribution in [3.8, 4) is 0 Å². The van der Waals surface area contributed by atoms with E-state index in [2.05, 4.69) is 0 Å². The minimum Gasteiger partial charge on any atom is -0.381 e. The maximum absolute atomic E-state index is 12.7. The number of ether oxygens (including phenoxy) is 2. The van der Waals surface area contributed by atoms with Crippen LogP contribution in [0.2, 0.25) is 0 Å². The molecule has 3 unspecified atom stereocenters. The molecule has 1 saturated heterocycles. The number of carbonyl (C=O) groups is 1. The van der Waals surface area contributed by atoms with E-state index in [-0.39, 0.29) is 18.1 Å². The third-order valence-corrected chi connectivity index (χ3v) is 5.75. The lowest BCUT2D eigenvalue weighted by atomic mass is 10.1. The summed E-state index contributed by atoms with van der Waals surface area (Å²) in [6, 6.07) is 2.15. The van der Waals surface area contributed by atoms with Gasteiger partial charge in [-0.3, -0.25) is 4.79 Å². The second-order valence-corrected chi connectivity index (χ2v) is 7.59. The lowest BCUT2D eigenvalue weighted by Gasteiger charge is -2.37. The van der Waals surface area contributed by atoms with E-state index in [4.69, 9.17) is 9.47 Å². The number of rotatable bonds is 5. The molecular weight excluding hydrogens is 298 g/mol. The summed E-state index contributed by atoms with van der Waals surface area (Å²) in [5.74, 6) is 1.51. The summed E-state index contributed by atoms with van der Waals surface area (Å²) < 4.78 is 11.8. The predicted molar refractivity (Wildman–Crippen MR) is 85.2 cm³/mol. The van der Waals surface area contributed by atoms with Crippen LogP contribution in [0.1, 0.15) is 36.0 Å². The van der Waals surface area contributed by atoms with Crippen LogP contribution in [0.15, 0.2) is 16.8 Å². The van der Waals surface area contributed by atoms with Gasteiger partial charge in [-0.15, -0.1) is 0 Å². The van der Waals surface area contributed by atoms with Crippen LogP contribution >= 0.6 is 11.3 Å². The molecule has 5 heteroatoms. The van der Waals surface area contributed by atoms with Crippen LogP contribution in [0.3, 0.4) is 0 Å². The Bertz CT molecular complexity index is 514. The van der Waals surface area contributed by atoms with Crippen LogP contribution in [-0.2, 0) is 9.47 Å². The average molecular weight is 321 g/mol. The van der Waals surface area contributed by atoms with E-state index >= 15 is 0 Å². The topological polar surface area (TPSA) is 38.8 Å². The summed E-state index contributed by atoms with van der Waals surface area (Å²) in [5.41, 5.74) is 0.819. The van der Waals surface area contributed by atoms with Gasteiger partial charge in [-0.05, 0) is 49.0 Å². The normalized spacial score (nSPS) is 31.3.